The van der Waals surface area contributed by atoms with Crippen molar-refractivity contribution < 1.29 is 18.0 Å². The van der Waals surface area contributed by atoms with Gasteiger partial charge in [-0.3, -0.25) is 9.59 Å². The minimum Gasteiger partial charge on any atom is -0.344 e. The first kappa shape index (κ1) is 17.4. The van der Waals surface area contributed by atoms with Gasteiger partial charge in [-0.1, -0.05) is 24.3 Å². The number of nitrogens with zero attached hydrogens (tertiary/aromatic N) is 1. The molecule has 0 saturated carbocycles. The number of hydrogen-bond acceptors (Lipinski definition) is 5. The number of sulfone groups is 1. The molecule has 2 rings (SSSR count). The summed E-state index contributed by atoms with van der Waals surface area (Å²) < 4.78 is 22.9. The second kappa shape index (κ2) is 7.10. The van der Waals surface area contributed by atoms with Gasteiger partial charge in [0.25, 0.3) is 0 Å². The molecule has 7 nitrogen and oxygen atoms in total. The second-order valence-corrected chi connectivity index (χ2v) is 7.91. The highest BCUT2D eigenvalue weighted by Gasteiger charge is 2.34. The van der Waals surface area contributed by atoms with Gasteiger partial charge < -0.3 is 16.0 Å². The normalized spacial score (nSPS) is 19.3. The van der Waals surface area contributed by atoms with E-state index in [4.69, 9.17) is 5.73 Å². The predicted octanol–water partition coefficient (Wildman–Crippen LogP) is -0.593. The molecular formula is C15H21N3O4S. The number of nitrogens with two attached hydrogens (primary N) is 1. The highest BCUT2D eigenvalue weighted by molar-refractivity contribution is 7.91. The summed E-state index contributed by atoms with van der Waals surface area (Å²) >= 11 is 0. The van der Waals surface area contributed by atoms with E-state index >= 15 is 0 Å². The maximum atomic E-state index is 12.1. The fraction of sp³-hybridized carbons (Fsp3) is 0.467. The summed E-state index contributed by atoms with van der Waals surface area (Å²) in [6, 6.07) is 6.97. The van der Waals surface area contributed by atoms with Crippen LogP contribution in [0.5, 0.6) is 0 Å². The zero-order chi connectivity index (χ0) is 17.0. The minimum atomic E-state index is -3.10. The molecule has 0 aromatic heterocycles. The monoisotopic (exact) mass is 339 g/mol. The lowest BCUT2D eigenvalue weighted by atomic mass is 10.1. The Hall–Kier alpha value is -1.93. The fourth-order valence-corrected chi connectivity index (χ4v) is 4.31. The van der Waals surface area contributed by atoms with Crippen molar-refractivity contribution in [2.45, 2.75) is 25.6 Å². The molecule has 2 amide bonds. The van der Waals surface area contributed by atoms with E-state index < -0.39 is 27.7 Å². The predicted molar refractivity (Wildman–Crippen MR) is 86.0 cm³/mol. The van der Waals surface area contributed by atoms with Gasteiger partial charge in [0.2, 0.25) is 0 Å². The summed E-state index contributed by atoms with van der Waals surface area (Å²) in [5, 5.41) is 2.55. The topological polar surface area (TPSA) is 110 Å². The van der Waals surface area contributed by atoms with Crippen LogP contribution in [0.25, 0.3) is 0 Å². The van der Waals surface area contributed by atoms with Gasteiger partial charge in [0.1, 0.15) is 0 Å². The van der Waals surface area contributed by atoms with Gasteiger partial charge >= 0.3 is 11.8 Å². The Morgan fingerprint density at radius 3 is 2.65 bits per heavy atom. The highest BCUT2D eigenvalue weighted by Crippen LogP contribution is 2.16. The zero-order valence-corrected chi connectivity index (χ0v) is 13.8. The number of benzene rings is 1. The fourth-order valence-electron chi connectivity index (χ4n) is 2.53. The van der Waals surface area contributed by atoms with Crippen LogP contribution in [0.3, 0.4) is 0 Å². The van der Waals surface area contributed by atoms with Gasteiger partial charge in [0, 0.05) is 26.2 Å². The van der Waals surface area contributed by atoms with E-state index in [0.717, 1.165) is 11.1 Å². The second-order valence-electron chi connectivity index (χ2n) is 5.68. The first-order valence-electron chi connectivity index (χ1n) is 7.35. The van der Waals surface area contributed by atoms with Crippen LogP contribution in [0.2, 0.25) is 0 Å². The number of likely N-dealkylation sites (N-methyl/N-ethyl adjacent to an activating group) is 1. The average molecular weight is 339 g/mol. The third-order valence-corrected chi connectivity index (χ3v) is 5.70. The number of nitrogens with one attached hydrogen (secondary N) is 1. The number of rotatable bonds is 4. The van der Waals surface area contributed by atoms with Crippen LogP contribution < -0.4 is 11.1 Å². The molecule has 1 aliphatic heterocycles. The van der Waals surface area contributed by atoms with E-state index in [1.807, 2.05) is 24.3 Å². The molecule has 1 fully saturated rings. The highest BCUT2D eigenvalue weighted by atomic mass is 32.2. The first-order chi connectivity index (χ1) is 10.8. The molecule has 1 aromatic rings. The van der Waals surface area contributed by atoms with Crippen LogP contribution in [0.15, 0.2) is 24.3 Å². The van der Waals surface area contributed by atoms with Crippen LogP contribution in [0, 0.1) is 0 Å². The van der Waals surface area contributed by atoms with Gasteiger partial charge in [-0.2, -0.15) is 0 Å². The number of carbonyl (C=O) groups excluding carboxylic acids is 2. The molecule has 0 bridgehead atoms. The van der Waals surface area contributed by atoms with Crippen LogP contribution in [0.1, 0.15) is 17.5 Å². The smallest absolute Gasteiger partial charge is 0.311 e. The molecular weight excluding hydrogens is 318 g/mol. The van der Waals surface area contributed by atoms with Gasteiger partial charge in [-0.05, 0) is 17.5 Å². The molecule has 0 spiro atoms. The average Bonchev–Trinajstić information content (AvgIpc) is 2.91. The van der Waals surface area contributed by atoms with Crippen molar-refractivity contribution >= 4 is 21.7 Å². The molecule has 3 N–H and O–H groups in total. The van der Waals surface area contributed by atoms with Crippen molar-refractivity contribution in [3.05, 3.63) is 35.4 Å². The Balaban J connectivity index is 1.91. The number of hydrogen-bond donors (Lipinski definition) is 2. The van der Waals surface area contributed by atoms with Crippen molar-refractivity contribution in [2.75, 3.05) is 18.6 Å². The van der Waals surface area contributed by atoms with Gasteiger partial charge in [-0.25, -0.2) is 8.42 Å². The third kappa shape index (κ3) is 4.52. The Morgan fingerprint density at radius 2 is 2.04 bits per heavy atom. The molecule has 23 heavy (non-hydrogen) atoms. The van der Waals surface area contributed by atoms with Crippen molar-refractivity contribution in [1.29, 1.82) is 0 Å². The van der Waals surface area contributed by atoms with Crippen molar-refractivity contribution in [3.8, 4) is 0 Å². The van der Waals surface area contributed by atoms with Crippen LogP contribution in [0.4, 0.5) is 0 Å². The summed E-state index contributed by atoms with van der Waals surface area (Å²) in [6.45, 7) is 0.620. The number of amides is 2. The Bertz CT molecular complexity index is 702. The lowest BCUT2D eigenvalue weighted by molar-refractivity contribution is -0.146. The maximum absolute atomic E-state index is 12.1. The van der Waals surface area contributed by atoms with Crippen molar-refractivity contribution in [2.24, 2.45) is 5.73 Å². The molecule has 0 radical (unpaired) electrons. The summed E-state index contributed by atoms with van der Waals surface area (Å²) in [7, 11) is -1.64. The molecule has 1 aromatic carbocycles. The summed E-state index contributed by atoms with van der Waals surface area (Å²) in [5.74, 6) is -1.49. The summed E-state index contributed by atoms with van der Waals surface area (Å²) in [6.07, 6.45) is 0.371. The van der Waals surface area contributed by atoms with Crippen molar-refractivity contribution in [1.82, 2.24) is 10.2 Å². The molecule has 1 aliphatic rings. The van der Waals surface area contributed by atoms with Gasteiger partial charge in [-0.15, -0.1) is 0 Å². The zero-order valence-electron chi connectivity index (χ0n) is 13.0. The lowest BCUT2D eigenvalue weighted by Gasteiger charge is -2.22. The molecule has 1 unspecified atom stereocenters. The maximum Gasteiger partial charge on any atom is 0.311 e. The van der Waals surface area contributed by atoms with E-state index in [1.165, 1.54) is 11.9 Å². The molecule has 8 heteroatoms. The largest absolute Gasteiger partial charge is 0.344 e. The SMILES string of the molecule is CN(C(=O)C(=O)NCc1cccc(CN)c1)C1CCS(=O)(=O)C1. The van der Waals surface area contributed by atoms with Gasteiger partial charge in [0.05, 0.1) is 11.5 Å². The van der Waals surface area contributed by atoms with Crippen molar-refractivity contribution in [3.63, 3.8) is 0 Å². The Kier molecular flexibility index (Phi) is 5.38. The number of carbonyl (C=O) groups is 2. The minimum absolute atomic E-state index is 0.0583. The first-order valence-corrected chi connectivity index (χ1v) is 9.18. The van der Waals surface area contributed by atoms with E-state index in [0.29, 0.717) is 13.0 Å². The van der Waals surface area contributed by atoms with Gasteiger partial charge in [0.15, 0.2) is 9.84 Å². The lowest BCUT2D eigenvalue weighted by Crippen LogP contribution is -2.46. The molecule has 1 saturated heterocycles. The van der Waals surface area contributed by atoms with E-state index in [1.54, 1.807) is 0 Å². The molecule has 0 aliphatic carbocycles. The van der Waals surface area contributed by atoms with Crippen LogP contribution >= 0.6 is 0 Å². The Morgan fingerprint density at radius 1 is 1.35 bits per heavy atom. The standard InChI is InChI=1S/C15H21N3O4S/c1-18(13-5-6-23(21,22)10-13)15(20)14(19)17-9-12-4-2-3-11(7-12)8-16/h2-4,7,13H,5-6,8-10,16H2,1H3,(H,17,19). The molecule has 1 atom stereocenters. The molecule has 126 valence electrons. The summed E-state index contributed by atoms with van der Waals surface area (Å²) in [5.41, 5.74) is 7.35. The summed E-state index contributed by atoms with van der Waals surface area (Å²) in [4.78, 5) is 25.3. The molecule has 1 heterocycles. The van der Waals surface area contributed by atoms with E-state index in [-0.39, 0.29) is 18.1 Å². The third-order valence-electron chi connectivity index (χ3n) is 3.95. The van der Waals surface area contributed by atoms with Crippen LogP contribution in [-0.4, -0.2) is 49.7 Å². The van der Waals surface area contributed by atoms with E-state index in [2.05, 4.69) is 5.32 Å². The van der Waals surface area contributed by atoms with E-state index in [9.17, 15) is 18.0 Å². The quantitative estimate of drug-likeness (QED) is 0.712. The Labute approximate surface area is 135 Å². The van der Waals surface area contributed by atoms with Crippen LogP contribution in [-0.2, 0) is 32.5 Å².